The fraction of sp³-hybridized carbons (Fsp3) is 0.385. The van der Waals surface area contributed by atoms with Gasteiger partial charge in [0.25, 0.3) is 5.56 Å². The fourth-order valence-corrected chi connectivity index (χ4v) is 6.51. The average molecular weight is 445 g/mol. The molecular formula is C26H28N4OS. The van der Waals surface area contributed by atoms with E-state index >= 15 is 0 Å². The second-order valence-corrected chi connectivity index (χ2v) is 10.0. The summed E-state index contributed by atoms with van der Waals surface area (Å²) in [5, 5.41) is 3.52. The Kier molecular flexibility index (Phi) is 5.20. The number of benzene rings is 2. The first-order chi connectivity index (χ1) is 15.8. The summed E-state index contributed by atoms with van der Waals surface area (Å²) in [6.07, 6.45) is 6.33. The van der Waals surface area contributed by atoms with E-state index in [4.69, 9.17) is 0 Å². The lowest BCUT2D eigenvalue weighted by Crippen LogP contribution is -2.47. The van der Waals surface area contributed by atoms with Crippen LogP contribution in [0, 0.1) is 0 Å². The molecule has 0 spiro atoms. The number of piperazine rings is 1. The Morgan fingerprint density at radius 1 is 0.906 bits per heavy atom. The second kappa shape index (κ2) is 8.34. The molecule has 4 aromatic rings. The van der Waals surface area contributed by atoms with Crippen LogP contribution in [0.5, 0.6) is 0 Å². The third-order valence-electron chi connectivity index (χ3n) is 7.08. The van der Waals surface area contributed by atoms with Crippen LogP contribution >= 0.6 is 11.3 Å². The molecule has 1 fully saturated rings. The van der Waals surface area contributed by atoms with Crippen molar-refractivity contribution in [1.82, 2.24) is 14.5 Å². The zero-order chi connectivity index (χ0) is 21.5. The molecule has 6 rings (SSSR count). The van der Waals surface area contributed by atoms with Gasteiger partial charge in [0.2, 0.25) is 0 Å². The summed E-state index contributed by atoms with van der Waals surface area (Å²) in [5.41, 5.74) is 2.77. The van der Waals surface area contributed by atoms with E-state index in [1.807, 2.05) is 4.57 Å². The molecular weight excluding hydrogens is 416 g/mol. The highest BCUT2D eigenvalue weighted by Crippen LogP contribution is 2.33. The Balaban J connectivity index is 1.14. The molecule has 0 bridgehead atoms. The van der Waals surface area contributed by atoms with Gasteiger partial charge < -0.3 is 4.90 Å². The predicted octanol–water partition coefficient (Wildman–Crippen LogP) is 4.31. The van der Waals surface area contributed by atoms with Gasteiger partial charge in [0.1, 0.15) is 4.83 Å². The van der Waals surface area contributed by atoms with Gasteiger partial charge in [0.15, 0.2) is 0 Å². The molecule has 0 N–H and O–H groups in total. The number of nitrogens with zero attached hydrogens (tertiary/aromatic N) is 4. The maximum absolute atomic E-state index is 13.2. The topological polar surface area (TPSA) is 41.4 Å². The van der Waals surface area contributed by atoms with E-state index in [1.54, 1.807) is 17.7 Å². The first-order valence-corrected chi connectivity index (χ1v) is 12.5. The van der Waals surface area contributed by atoms with Gasteiger partial charge >= 0.3 is 0 Å². The highest BCUT2D eigenvalue weighted by atomic mass is 32.1. The number of hydrogen-bond acceptors (Lipinski definition) is 5. The van der Waals surface area contributed by atoms with Crippen LogP contribution < -0.4 is 10.5 Å². The third kappa shape index (κ3) is 3.51. The van der Waals surface area contributed by atoms with Crippen LogP contribution in [0.15, 0.2) is 53.6 Å². The number of thiophene rings is 1. The molecule has 3 heterocycles. The minimum Gasteiger partial charge on any atom is -0.368 e. The van der Waals surface area contributed by atoms with E-state index in [0.717, 1.165) is 55.8 Å². The van der Waals surface area contributed by atoms with Crippen molar-refractivity contribution in [1.29, 1.82) is 0 Å². The first kappa shape index (κ1) is 19.9. The summed E-state index contributed by atoms with van der Waals surface area (Å²) in [6.45, 7) is 5.66. The van der Waals surface area contributed by atoms with E-state index in [-0.39, 0.29) is 5.56 Å². The average Bonchev–Trinajstić information content (AvgIpc) is 3.23. The quantitative estimate of drug-likeness (QED) is 0.470. The summed E-state index contributed by atoms with van der Waals surface area (Å²) in [7, 11) is 0. The summed E-state index contributed by atoms with van der Waals surface area (Å²) in [5.74, 6) is 0. The van der Waals surface area contributed by atoms with Crippen molar-refractivity contribution >= 4 is 38.0 Å². The lowest BCUT2D eigenvalue weighted by molar-refractivity contribution is 0.247. The number of hydrogen-bond donors (Lipinski definition) is 0. The molecule has 6 heteroatoms. The van der Waals surface area contributed by atoms with Gasteiger partial charge in [-0.3, -0.25) is 14.3 Å². The summed E-state index contributed by atoms with van der Waals surface area (Å²) in [6, 6.07) is 15.2. The molecule has 5 nitrogen and oxygen atoms in total. The highest BCUT2D eigenvalue weighted by molar-refractivity contribution is 7.18. The van der Waals surface area contributed by atoms with Crippen LogP contribution in [0.25, 0.3) is 21.0 Å². The Hall–Kier alpha value is -2.70. The van der Waals surface area contributed by atoms with Crippen molar-refractivity contribution < 1.29 is 0 Å². The van der Waals surface area contributed by atoms with Crippen molar-refractivity contribution in [3.63, 3.8) is 0 Å². The van der Waals surface area contributed by atoms with Gasteiger partial charge in [-0.15, -0.1) is 11.3 Å². The summed E-state index contributed by atoms with van der Waals surface area (Å²) >= 11 is 1.73. The molecule has 0 amide bonds. The SMILES string of the molecule is O=c1c2c3c(sc2ncn1CCN1CCN(c2cccc4ccccc24)CC1)CCCC3. The molecule has 0 saturated carbocycles. The third-order valence-corrected chi connectivity index (χ3v) is 8.28. The maximum atomic E-state index is 13.2. The molecule has 0 unspecified atom stereocenters. The molecule has 1 saturated heterocycles. The van der Waals surface area contributed by atoms with E-state index in [1.165, 1.54) is 39.7 Å². The Morgan fingerprint density at radius 2 is 1.72 bits per heavy atom. The normalized spacial score (nSPS) is 17.2. The van der Waals surface area contributed by atoms with Gasteiger partial charge in [-0.1, -0.05) is 36.4 Å². The van der Waals surface area contributed by atoms with Gasteiger partial charge in [-0.25, -0.2) is 4.98 Å². The van der Waals surface area contributed by atoms with Crippen molar-refractivity contribution in [2.45, 2.75) is 32.2 Å². The van der Waals surface area contributed by atoms with Crippen molar-refractivity contribution in [2.24, 2.45) is 0 Å². The lowest BCUT2D eigenvalue weighted by Gasteiger charge is -2.36. The molecule has 0 atom stereocenters. The molecule has 2 aliphatic rings. The van der Waals surface area contributed by atoms with Crippen LogP contribution in [0.1, 0.15) is 23.3 Å². The fourth-order valence-electron chi connectivity index (χ4n) is 5.29. The van der Waals surface area contributed by atoms with Crippen molar-refractivity contribution in [3.8, 4) is 0 Å². The predicted molar refractivity (Wildman–Crippen MR) is 133 cm³/mol. The van der Waals surface area contributed by atoms with Crippen LogP contribution in [0.2, 0.25) is 0 Å². The monoisotopic (exact) mass is 444 g/mol. The van der Waals surface area contributed by atoms with E-state index in [9.17, 15) is 4.79 Å². The minimum absolute atomic E-state index is 0.156. The number of anilines is 1. The summed E-state index contributed by atoms with van der Waals surface area (Å²) < 4.78 is 1.83. The minimum atomic E-state index is 0.156. The number of fused-ring (bicyclic) bond motifs is 4. The molecule has 1 aliphatic heterocycles. The maximum Gasteiger partial charge on any atom is 0.262 e. The standard InChI is InChI=1S/C26H28N4OS/c31-26-24-21-9-3-4-11-23(21)32-25(24)27-18-30(26)17-14-28-12-15-29(16-13-28)22-10-5-7-19-6-1-2-8-20(19)22/h1-2,5-8,10,18H,3-4,9,11-17H2. The van der Waals surface area contributed by atoms with E-state index < -0.39 is 0 Å². The van der Waals surface area contributed by atoms with Gasteiger partial charge in [0, 0.05) is 55.2 Å². The van der Waals surface area contributed by atoms with Crippen LogP contribution in [-0.2, 0) is 19.4 Å². The van der Waals surface area contributed by atoms with E-state index in [2.05, 4.69) is 57.2 Å². The van der Waals surface area contributed by atoms with Crippen LogP contribution in [0.3, 0.4) is 0 Å². The Morgan fingerprint density at radius 3 is 2.62 bits per heavy atom. The first-order valence-electron chi connectivity index (χ1n) is 11.7. The number of aromatic nitrogens is 2. The van der Waals surface area contributed by atoms with Crippen LogP contribution in [-0.4, -0.2) is 47.2 Å². The second-order valence-electron chi connectivity index (χ2n) is 8.96. The Labute approximate surface area is 191 Å². The van der Waals surface area contributed by atoms with Gasteiger partial charge in [-0.2, -0.15) is 0 Å². The van der Waals surface area contributed by atoms with Crippen LogP contribution in [0.4, 0.5) is 5.69 Å². The molecule has 32 heavy (non-hydrogen) atoms. The molecule has 164 valence electrons. The van der Waals surface area contributed by atoms with Crippen molar-refractivity contribution in [3.05, 3.63) is 69.6 Å². The molecule has 2 aromatic heterocycles. The molecule has 1 aliphatic carbocycles. The number of rotatable bonds is 4. The van der Waals surface area contributed by atoms with E-state index in [0.29, 0.717) is 6.54 Å². The smallest absolute Gasteiger partial charge is 0.262 e. The lowest BCUT2D eigenvalue weighted by atomic mass is 9.97. The zero-order valence-electron chi connectivity index (χ0n) is 18.3. The number of aryl methyl sites for hydroxylation is 2. The highest BCUT2D eigenvalue weighted by Gasteiger charge is 2.21. The largest absolute Gasteiger partial charge is 0.368 e. The summed E-state index contributed by atoms with van der Waals surface area (Å²) in [4.78, 5) is 25.1. The van der Waals surface area contributed by atoms with Gasteiger partial charge in [-0.05, 0) is 42.7 Å². The zero-order valence-corrected chi connectivity index (χ0v) is 19.1. The molecule has 2 aromatic carbocycles. The molecule has 0 radical (unpaired) electrons. The van der Waals surface area contributed by atoms with Crippen molar-refractivity contribution in [2.75, 3.05) is 37.6 Å². The van der Waals surface area contributed by atoms with Gasteiger partial charge in [0.05, 0.1) is 11.7 Å². The Bertz CT molecular complexity index is 1330.